The number of carbonyl (C=O) groups is 1. The van der Waals surface area contributed by atoms with Gasteiger partial charge in [-0.3, -0.25) is 4.79 Å². The third-order valence-electron chi connectivity index (χ3n) is 4.74. The minimum atomic E-state index is 0.172. The minimum Gasteiger partial charge on any atom is -0.361 e. The average Bonchev–Trinajstić information content (AvgIpc) is 3.02. The molecule has 0 aliphatic carbocycles. The Bertz CT molecular complexity index is 840. The molecule has 4 nitrogen and oxygen atoms in total. The van der Waals surface area contributed by atoms with E-state index >= 15 is 0 Å². The van der Waals surface area contributed by atoms with Crippen molar-refractivity contribution in [1.29, 1.82) is 0 Å². The van der Waals surface area contributed by atoms with E-state index in [0.29, 0.717) is 13.1 Å². The number of nitrogens with one attached hydrogen (secondary N) is 2. The fourth-order valence-electron chi connectivity index (χ4n) is 3.50. The smallest absolute Gasteiger partial charge is 0.237 e. The van der Waals surface area contributed by atoms with Gasteiger partial charge in [0.25, 0.3) is 0 Å². The van der Waals surface area contributed by atoms with Crippen LogP contribution in [0.5, 0.6) is 0 Å². The van der Waals surface area contributed by atoms with Gasteiger partial charge in [-0.1, -0.05) is 48.5 Å². The molecule has 4 rings (SSSR count). The Morgan fingerprint density at radius 1 is 1.04 bits per heavy atom. The highest BCUT2D eigenvalue weighted by Gasteiger charge is 2.28. The van der Waals surface area contributed by atoms with Crippen molar-refractivity contribution in [3.8, 4) is 0 Å². The molecule has 3 aromatic rings. The molecule has 1 aromatic heterocycles. The van der Waals surface area contributed by atoms with Crippen LogP contribution in [-0.2, 0) is 17.8 Å². The number of nitrogens with zero attached hydrogens (tertiary/aromatic N) is 1. The summed E-state index contributed by atoms with van der Waals surface area (Å²) < 4.78 is 0. The van der Waals surface area contributed by atoms with E-state index in [0.717, 1.165) is 18.5 Å². The summed E-state index contributed by atoms with van der Waals surface area (Å²) >= 11 is 0. The monoisotopic (exact) mass is 319 g/mol. The van der Waals surface area contributed by atoms with Crippen molar-refractivity contribution in [2.75, 3.05) is 13.1 Å². The van der Waals surface area contributed by atoms with Crippen molar-refractivity contribution in [3.63, 3.8) is 0 Å². The molecule has 2 aromatic carbocycles. The van der Waals surface area contributed by atoms with E-state index in [9.17, 15) is 4.79 Å². The molecule has 2 N–H and O–H groups in total. The molecule has 1 fully saturated rings. The van der Waals surface area contributed by atoms with Crippen LogP contribution >= 0.6 is 0 Å². The first-order valence-corrected chi connectivity index (χ1v) is 8.40. The van der Waals surface area contributed by atoms with Gasteiger partial charge in [-0.15, -0.1) is 0 Å². The number of benzene rings is 2. The minimum absolute atomic E-state index is 0.172. The summed E-state index contributed by atoms with van der Waals surface area (Å²) in [6, 6.07) is 18.7. The summed E-state index contributed by atoms with van der Waals surface area (Å²) in [5.74, 6) is 0.176. The lowest BCUT2D eigenvalue weighted by molar-refractivity contribution is -0.135. The Morgan fingerprint density at radius 3 is 2.71 bits per heavy atom. The van der Waals surface area contributed by atoms with Crippen LogP contribution in [0.4, 0.5) is 0 Å². The Labute approximate surface area is 141 Å². The van der Waals surface area contributed by atoms with Crippen molar-refractivity contribution >= 4 is 16.8 Å². The van der Waals surface area contributed by atoms with Crippen molar-refractivity contribution < 1.29 is 4.79 Å². The van der Waals surface area contributed by atoms with Gasteiger partial charge < -0.3 is 15.2 Å². The maximum absolute atomic E-state index is 12.5. The average molecular weight is 319 g/mol. The molecular formula is C20H21N3O. The fourth-order valence-corrected chi connectivity index (χ4v) is 3.50. The maximum Gasteiger partial charge on any atom is 0.237 e. The van der Waals surface area contributed by atoms with Gasteiger partial charge in [0.15, 0.2) is 0 Å². The zero-order chi connectivity index (χ0) is 16.4. The van der Waals surface area contributed by atoms with Crippen molar-refractivity contribution in [1.82, 2.24) is 15.2 Å². The molecule has 1 aliphatic rings. The topological polar surface area (TPSA) is 48.1 Å². The zero-order valence-corrected chi connectivity index (χ0v) is 13.5. The van der Waals surface area contributed by atoms with E-state index in [-0.39, 0.29) is 11.9 Å². The van der Waals surface area contributed by atoms with Gasteiger partial charge in [0.05, 0.1) is 6.54 Å². The van der Waals surface area contributed by atoms with Gasteiger partial charge in [0, 0.05) is 36.2 Å². The standard InChI is InChI=1S/C20H21N3O/c24-20-13-21-12-17(23(20)14-15-6-2-1-3-7-15)10-16-11-22-19-9-5-4-8-18(16)19/h1-9,11,17,21-22H,10,12-14H2/t17-/m0/s1. The number of rotatable bonds is 4. The third kappa shape index (κ3) is 2.93. The molecule has 1 aliphatic heterocycles. The van der Waals surface area contributed by atoms with Gasteiger partial charge in [-0.2, -0.15) is 0 Å². The van der Waals surface area contributed by atoms with Crippen molar-refractivity contribution in [3.05, 3.63) is 71.9 Å². The summed E-state index contributed by atoms with van der Waals surface area (Å²) in [5.41, 5.74) is 3.60. The number of aromatic amines is 1. The molecule has 0 radical (unpaired) electrons. The molecule has 1 saturated heterocycles. The first-order chi connectivity index (χ1) is 11.8. The van der Waals surface area contributed by atoms with Crippen LogP contribution in [0.2, 0.25) is 0 Å². The lowest BCUT2D eigenvalue weighted by atomic mass is 10.0. The number of hydrogen-bond donors (Lipinski definition) is 2. The predicted molar refractivity (Wildman–Crippen MR) is 95.7 cm³/mol. The van der Waals surface area contributed by atoms with E-state index in [1.165, 1.54) is 16.5 Å². The van der Waals surface area contributed by atoms with Crippen molar-refractivity contribution in [2.24, 2.45) is 0 Å². The fraction of sp³-hybridized carbons (Fsp3) is 0.250. The predicted octanol–water partition coefficient (Wildman–Crippen LogP) is 2.71. The van der Waals surface area contributed by atoms with Gasteiger partial charge in [0.1, 0.15) is 0 Å². The van der Waals surface area contributed by atoms with E-state index < -0.39 is 0 Å². The number of fused-ring (bicyclic) bond motifs is 1. The first-order valence-electron chi connectivity index (χ1n) is 8.40. The highest BCUT2D eigenvalue weighted by Crippen LogP contribution is 2.22. The number of H-pyrrole nitrogens is 1. The number of carbonyl (C=O) groups excluding carboxylic acids is 1. The van der Waals surface area contributed by atoms with Gasteiger partial charge >= 0.3 is 0 Å². The Morgan fingerprint density at radius 2 is 1.83 bits per heavy atom. The molecule has 0 spiro atoms. The summed E-state index contributed by atoms with van der Waals surface area (Å²) in [6.45, 7) is 1.93. The summed E-state index contributed by atoms with van der Waals surface area (Å²) in [7, 11) is 0. The van der Waals surface area contributed by atoms with Gasteiger partial charge in [-0.05, 0) is 23.6 Å². The van der Waals surface area contributed by atoms with Crippen LogP contribution in [0.1, 0.15) is 11.1 Å². The molecule has 0 unspecified atom stereocenters. The van der Waals surface area contributed by atoms with Crippen LogP contribution in [0, 0.1) is 0 Å². The summed E-state index contributed by atoms with van der Waals surface area (Å²) in [6.07, 6.45) is 2.93. The first kappa shape index (κ1) is 15.0. The van der Waals surface area contributed by atoms with Crippen LogP contribution < -0.4 is 5.32 Å². The van der Waals surface area contributed by atoms with Gasteiger partial charge in [0.2, 0.25) is 5.91 Å². The normalized spacial score (nSPS) is 18.2. The van der Waals surface area contributed by atoms with E-state index in [1.54, 1.807) is 0 Å². The van der Waals surface area contributed by atoms with E-state index in [1.807, 2.05) is 29.2 Å². The van der Waals surface area contributed by atoms with E-state index in [2.05, 4.69) is 46.8 Å². The third-order valence-corrected chi connectivity index (χ3v) is 4.74. The molecule has 122 valence electrons. The quantitative estimate of drug-likeness (QED) is 0.777. The largest absolute Gasteiger partial charge is 0.361 e. The number of aromatic nitrogens is 1. The molecule has 0 saturated carbocycles. The second-order valence-electron chi connectivity index (χ2n) is 6.36. The van der Waals surface area contributed by atoms with Crippen LogP contribution in [-0.4, -0.2) is 34.9 Å². The maximum atomic E-state index is 12.5. The number of hydrogen-bond acceptors (Lipinski definition) is 2. The molecular weight excluding hydrogens is 298 g/mol. The van der Waals surface area contributed by atoms with Crippen molar-refractivity contribution in [2.45, 2.75) is 19.0 Å². The highest BCUT2D eigenvalue weighted by atomic mass is 16.2. The lowest BCUT2D eigenvalue weighted by Crippen LogP contribution is -2.55. The van der Waals surface area contributed by atoms with Crippen LogP contribution in [0.15, 0.2) is 60.8 Å². The molecule has 24 heavy (non-hydrogen) atoms. The number of amides is 1. The Balaban J connectivity index is 1.58. The van der Waals surface area contributed by atoms with Crippen LogP contribution in [0.3, 0.4) is 0 Å². The summed E-state index contributed by atoms with van der Waals surface area (Å²) in [5, 5.41) is 4.50. The van der Waals surface area contributed by atoms with Gasteiger partial charge in [-0.25, -0.2) is 0 Å². The molecule has 1 amide bonds. The molecule has 4 heteroatoms. The number of piperazine rings is 1. The SMILES string of the molecule is O=C1CNC[C@H](Cc2c[nH]c3ccccc23)N1Cc1ccccc1. The second-order valence-corrected chi connectivity index (χ2v) is 6.36. The van der Waals surface area contributed by atoms with E-state index in [4.69, 9.17) is 0 Å². The van der Waals surface area contributed by atoms with Crippen LogP contribution in [0.25, 0.3) is 10.9 Å². The Hall–Kier alpha value is -2.59. The molecule has 2 heterocycles. The Kier molecular flexibility index (Phi) is 4.05. The highest BCUT2D eigenvalue weighted by molar-refractivity contribution is 5.83. The summed E-state index contributed by atoms with van der Waals surface area (Å²) in [4.78, 5) is 17.8. The molecule has 1 atom stereocenters. The number of para-hydroxylation sites is 1. The molecule has 0 bridgehead atoms. The zero-order valence-electron chi connectivity index (χ0n) is 13.5. The lowest BCUT2D eigenvalue weighted by Gasteiger charge is -2.36. The second kappa shape index (κ2) is 6.49.